The second-order valence-corrected chi connectivity index (χ2v) is 5.83. The van der Waals surface area contributed by atoms with E-state index < -0.39 is 22.6 Å². The van der Waals surface area contributed by atoms with Crippen molar-refractivity contribution in [1.82, 2.24) is 0 Å². The normalized spacial score (nSPS) is 12.4. The van der Waals surface area contributed by atoms with Gasteiger partial charge in [0.2, 0.25) is 10.0 Å². The molecule has 0 aliphatic rings. The standard InChI is InChI=1S/C11H16F3N3O2S/c12-11(13,14)5-1-2-6-17-9-4-3-8(15)7-10(9)20(16,18)19/h3-4,7,17H,1-2,5-6,15H2,(H2,16,18,19). The Morgan fingerprint density at radius 2 is 1.85 bits per heavy atom. The van der Waals surface area contributed by atoms with Gasteiger partial charge in [-0.3, -0.25) is 0 Å². The van der Waals surface area contributed by atoms with Gasteiger partial charge in [-0.25, -0.2) is 13.6 Å². The summed E-state index contributed by atoms with van der Waals surface area (Å²) in [6, 6.07) is 4.11. The van der Waals surface area contributed by atoms with E-state index >= 15 is 0 Å². The van der Waals surface area contributed by atoms with Gasteiger partial charge in [0, 0.05) is 18.7 Å². The Morgan fingerprint density at radius 1 is 1.20 bits per heavy atom. The predicted molar refractivity (Wildman–Crippen MR) is 70.6 cm³/mol. The third kappa shape index (κ3) is 5.66. The minimum atomic E-state index is -4.17. The Hall–Kier alpha value is -1.48. The number of unbranched alkanes of at least 4 members (excludes halogenated alkanes) is 1. The molecule has 5 N–H and O–H groups in total. The van der Waals surface area contributed by atoms with Gasteiger partial charge >= 0.3 is 6.18 Å². The number of nitrogens with two attached hydrogens (primary N) is 2. The Bertz CT molecular complexity index is 559. The van der Waals surface area contributed by atoms with E-state index in [0.29, 0.717) is 0 Å². The summed E-state index contributed by atoms with van der Waals surface area (Å²) < 4.78 is 58.5. The molecule has 0 amide bonds. The molecule has 0 spiro atoms. The molecule has 0 fully saturated rings. The van der Waals surface area contributed by atoms with E-state index in [2.05, 4.69) is 5.32 Å². The lowest BCUT2D eigenvalue weighted by molar-refractivity contribution is -0.135. The molecule has 5 nitrogen and oxygen atoms in total. The van der Waals surface area contributed by atoms with E-state index in [-0.39, 0.29) is 35.7 Å². The summed E-state index contributed by atoms with van der Waals surface area (Å²) in [5.41, 5.74) is 5.94. The van der Waals surface area contributed by atoms with Crippen molar-refractivity contribution in [2.45, 2.75) is 30.3 Å². The van der Waals surface area contributed by atoms with E-state index in [1.165, 1.54) is 18.2 Å². The van der Waals surface area contributed by atoms with Crippen molar-refractivity contribution < 1.29 is 21.6 Å². The molecule has 0 heterocycles. The van der Waals surface area contributed by atoms with Crippen LogP contribution in [0.25, 0.3) is 0 Å². The molecular weight excluding hydrogens is 295 g/mol. The lowest BCUT2D eigenvalue weighted by Gasteiger charge is -2.11. The maximum absolute atomic E-state index is 11.9. The molecule has 0 atom stereocenters. The molecule has 0 radical (unpaired) electrons. The first-order valence-electron chi connectivity index (χ1n) is 5.82. The molecule has 1 aromatic carbocycles. The average molecular weight is 311 g/mol. The SMILES string of the molecule is Nc1ccc(NCCCCC(F)(F)F)c(S(N)(=O)=O)c1. The summed E-state index contributed by atoms with van der Waals surface area (Å²) in [5.74, 6) is 0. The van der Waals surface area contributed by atoms with Crippen molar-refractivity contribution in [1.29, 1.82) is 0 Å². The lowest BCUT2D eigenvalue weighted by Crippen LogP contribution is -2.16. The van der Waals surface area contributed by atoms with Gasteiger partial charge in [0.05, 0.1) is 5.69 Å². The molecule has 0 saturated carbocycles. The molecular formula is C11H16F3N3O2S. The van der Waals surface area contributed by atoms with Gasteiger partial charge in [0.1, 0.15) is 4.90 Å². The summed E-state index contributed by atoms with van der Waals surface area (Å²) in [7, 11) is -3.94. The number of anilines is 2. The van der Waals surface area contributed by atoms with Crippen molar-refractivity contribution in [3.63, 3.8) is 0 Å². The highest BCUT2D eigenvalue weighted by Gasteiger charge is 2.25. The lowest BCUT2D eigenvalue weighted by atomic mass is 10.2. The smallest absolute Gasteiger partial charge is 0.389 e. The van der Waals surface area contributed by atoms with E-state index in [0.717, 1.165) is 0 Å². The maximum atomic E-state index is 11.9. The fraction of sp³-hybridized carbons (Fsp3) is 0.455. The summed E-state index contributed by atoms with van der Waals surface area (Å²) in [6.07, 6.45) is -4.81. The number of nitrogens with one attached hydrogen (secondary N) is 1. The monoisotopic (exact) mass is 311 g/mol. The van der Waals surface area contributed by atoms with Crippen molar-refractivity contribution >= 4 is 21.4 Å². The van der Waals surface area contributed by atoms with Gasteiger partial charge in [-0.05, 0) is 31.0 Å². The Kier molecular flexibility index (Phi) is 5.23. The first-order chi connectivity index (χ1) is 9.09. The molecule has 9 heteroatoms. The maximum Gasteiger partial charge on any atom is 0.389 e. The number of alkyl halides is 3. The third-order valence-electron chi connectivity index (χ3n) is 2.51. The fourth-order valence-corrected chi connectivity index (χ4v) is 2.34. The second kappa shape index (κ2) is 6.31. The van der Waals surface area contributed by atoms with E-state index in [1.807, 2.05) is 0 Å². The first kappa shape index (κ1) is 16.6. The van der Waals surface area contributed by atoms with Crippen LogP contribution in [0.5, 0.6) is 0 Å². The van der Waals surface area contributed by atoms with Gasteiger partial charge in [0.25, 0.3) is 0 Å². The van der Waals surface area contributed by atoms with Crippen LogP contribution >= 0.6 is 0 Å². The summed E-state index contributed by atoms with van der Waals surface area (Å²) in [4.78, 5) is -0.173. The summed E-state index contributed by atoms with van der Waals surface area (Å²) >= 11 is 0. The van der Waals surface area contributed by atoms with E-state index in [9.17, 15) is 21.6 Å². The molecule has 0 aromatic heterocycles. The third-order valence-corrected chi connectivity index (χ3v) is 3.47. The highest BCUT2D eigenvalue weighted by atomic mass is 32.2. The van der Waals surface area contributed by atoms with Crippen molar-refractivity contribution in [3.05, 3.63) is 18.2 Å². The minimum Gasteiger partial charge on any atom is -0.399 e. The highest BCUT2D eigenvalue weighted by molar-refractivity contribution is 7.89. The van der Waals surface area contributed by atoms with E-state index in [1.54, 1.807) is 0 Å². The summed E-state index contributed by atoms with van der Waals surface area (Å²) in [5, 5.41) is 7.79. The van der Waals surface area contributed by atoms with Gasteiger partial charge in [-0.15, -0.1) is 0 Å². The van der Waals surface area contributed by atoms with E-state index in [4.69, 9.17) is 10.9 Å². The number of halogens is 3. The molecule has 0 saturated heterocycles. The van der Waals surface area contributed by atoms with Crippen LogP contribution in [0.4, 0.5) is 24.5 Å². The van der Waals surface area contributed by atoms with Gasteiger partial charge in [-0.1, -0.05) is 0 Å². The largest absolute Gasteiger partial charge is 0.399 e. The number of primary sulfonamides is 1. The Balaban J connectivity index is 2.61. The topological polar surface area (TPSA) is 98.2 Å². The van der Waals surface area contributed by atoms with Crippen molar-refractivity contribution in [2.75, 3.05) is 17.6 Å². The number of rotatable bonds is 6. The van der Waals surface area contributed by atoms with Crippen LogP contribution in [-0.4, -0.2) is 21.1 Å². The number of hydrogen-bond donors (Lipinski definition) is 3. The molecule has 20 heavy (non-hydrogen) atoms. The minimum absolute atomic E-state index is 0.0316. The molecule has 0 bridgehead atoms. The number of nitrogen functional groups attached to an aromatic ring is 1. The molecule has 0 aliphatic carbocycles. The average Bonchev–Trinajstić information content (AvgIpc) is 2.27. The Labute approximate surface area is 115 Å². The zero-order valence-electron chi connectivity index (χ0n) is 10.6. The second-order valence-electron chi connectivity index (χ2n) is 4.30. The summed E-state index contributed by atoms with van der Waals surface area (Å²) in [6.45, 7) is 0.211. The molecule has 0 unspecified atom stereocenters. The van der Waals surface area contributed by atoms with Gasteiger partial charge in [-0.2, -0.15) is 13.2 Å². The van der Waals surface area contributed by atoms with Gasteiger partial charge < -0.3 is 11.1 Å². The van der Waals surface area contributed by atoms with Crippen molar-refractivity contribution in [2.24, 2.45) is 5.14 Å². The first-order valence-corrected chi connectivity index (χ1v) is 7.37. The van der Waals surface area contributed by atoms with Crippen LogP contribution in [0.3, 0.4) is 0 Å². The van der Waals surface area contributed by atoms with Crippen LogP contribution in [0.2, 0.25) is 0 Å². The van der Waals surface area contributed by atoms with Gasteiger partial charge in [0.15, 0.2) is 0 Å². The zero-order valence-corrected chi connectivity index (χ0v) is 11.4. The van der Waals surface area contributed by atoms with Crippen LogP contribution in [-0.2, 0) is 10.0 Å². The number of hydrogen-bond acceptors (Lipinski definition) is 4. The van der Waals surface area contributed by atoms with Crippen LogP contribution in [0, 0.1) is 0 Å². The Morgan fingerprint density at radius 3 is 2.40 bits per heavy atom. The molecule has 114 valence electrons. The molecule has 1 rings (SSSR count). The predicted octanol–water partition coefficient (Wildman–Crippen LogP) is 2.06. The van der Waals surface area contributed by atoms with Crippen LogP contribution in [0.1, 0.15) is 19.3 Å². The van der Waals surface area contributed by atoms with Crippen LogP contribution in [0.15, 0.2) is 23.1 Å². The molecule has 0 aliphatic heterocycles. The zero-order chi connectivity index (χ0) is 15.4. The number of benzene rings is 1. The quantitative estimate of drug-likeness (QED) is 0.553. The number of sulfonamides is 1. The highest BCUT2D eigenvalue weighted by Crippen LogP contribution is 2.24. The van der Waals surface area contributed by atoms with Crippen LogP contribution < -0.4 is 16.2 Å². The molecule has 1 aromatic rings. The van der Waals surface area contributed by atoms with Crippen molar-refractivity contribution in [3.8, 4) is 0 Å². The fourth-order valence-electron chi connectivity index (χ4n) is 1.59.